The van der Waals surface area contributed by atoms with Gasteiger partial charge < -0.3 is 4.57 Å². The van der Waals surface area contributed by atoms with Gasteiger partial charge in [-0.3, -0.25) is 0 Å². The van der Waals surface area contributed by atoms with E-state index in [2.05, 4.69) is 95.6 Å². The molecule has 0 radical (unpaired) electrons. The van der Waals surface area contributed by atoms with Gasteiger partial charge in [-0.2, -0.15) is 5.10 Å². The Bertz CT molecular complexity index is 2040. The van der Waals surface area contributed by atoms with E-state index >= 15 is 0 Å². The summed E-state index contributed by atoms with van der Waals surface area (Å²) in [7, 11) is 0. The Hall–Kier alpha value is -4.22. The second kappa shape index (κ2) is 6.18. The van der Waals surface area contributed by atoms with Crippen molar-refractivity contribution in [3.63, 3.8) is 0 Å². The zero-order valence-electron chi connectivity index (χ0n) is 17.4. The maximum Gasteiger partial charge on any atom is 0.180 e. The van der Waals surface area contributed by atoms with Crippen molar-refractivity contribution in [3.8, 4) is 5.69 Å². The highest BCUT2D eigenvalue weighted by Gasteiger charge is 2.19. The van der Waals surface area contributed by atoms with Gasteiger partial charge in [0, 0.05) is 20.9 Å². The molecule has 8 rings (SSSR count). The minimum absolute atomic E-state index is 0.875. The first-order chi connectivity index (χ1) is 16.4. The number of imidazole rings is 1. The standard InChI is InChI=1S/C28H16N4S/c1-2-8-18-17(7-1)13-14-22-25(18)19-9-3-5-11-21(19)31(22)23-15-16-29-32-27(23)30-26-20-10-4-6-12-24(20)33-28(26)32/h1-16H. The lowest BCUT2D eigenvalue weighted by atomic mass is 10.0. The van der Waals surface area contributed by atoms with Gasteiger partial charge in [-0.25, -0.2) is 9.50 Å². The average molecular weight is 441 g/mol. The van der Waals surface area contributed by atoms with Crippen LogP contribution in [0.5, 0.6) is 0 Å². The van der Waals surface area contributed by atoms with Gasteiger partial charge in [-0.15, -0.1) is 11.3 Å². The minimum atomic E-state index is 0.875. The quantitative estimate of drug-likeness (QED) is 0.267. The molecule has 0 saturated heterocycles. The Morgan fingerprint density at radius 2 is 1.45 bits per heavy atom. The van der Waals surface area contributed by atoms with Gasteiger partial charge >= 0.3 is 0 Å². The summed E-state index contributed by atoms with van der Waals surface area (Å²) >= 11 is 1.74. The number of hydrogen-bond donors (Lipinski definition) is 0. The van der Waals surface area contributed by atoms with Gasteiger partial charge in [0.1, 0.15) is 10.3 Å². The molecule has 0 N–H and O–H groups in total. The monoisotopic (exact) mass is 440 g/mol. The number of benzene rings is 4. The third-order valence-corrected chi connectivity index (χ3v) is 7.74. The second-order valence-electron chi connectivity index (χ2n) is 8.35. The largest absolute Gasteiger partial charge is 0.306 e. The van der Waals surface area contributed by atoms with Crippen LogP contribution < -0.4 is 0 Å². The molecular weight excluding hydrogens is 424 g/mol. The summed E-state index contributed by atoms with van der Waals surface area (Å²) in [6.07, 6.45) is 1.88. The smallest absolute Gasteiger partial charge is 0.180 e. The third-order valence-electron chi connectivity index (χ3n) is 6.61. The second-order valence-corrected chi connectivity index (χ2v) is 9.38. The van der Waals surface area contributed by atoms with E-state index < -0.39 is 0 Å². The molecule has 4 heterocycles. The number of fused-ring (bicyclic) bond motifs is 10. The van der Waals surface area contributed by atoms with Crippen LogP contribution in [0.25, 0.3) is 64.3 Å². The molecule has 33 heavy (non-hydrogen) atoms. The summed E-state index contributed by atoms with van der Waals surface area (Å²) in [4.78, 5) is 6.21. The molecule has 4 aromatic carbocycles. The molecule has 5 heteroatoms. The van der Waals surface area contributed by atoms with E-state index in [9.17, 15) is 0 Å². The normalized spacial score (nSPS) is 12.2. The number of nitrogens with zero attached hydrogens (tertiary/aromatic N) is 4. The van der Waals surface area contributed by atoms with Crippen molar-refractivity contribution in [3.05, 3.63) is 97.2 Å². The van der Waals surface area contributed by atoms with Crippen LogP contribution in [-0.4, -0.2) is 19.2 Å². The maximum absolute atomic E-state index is 5.13. The number of thiophene rings is 1. The van der Waals surface area contributed by atoms with Crippen molar-refractivity contribution in [1.82, 2.24) is 19.2 Å². The van der Waals surface area contributed by atoms with E-state index in [1.165, 1.54) is 42.7 Å². The Kier molecular flexibility index (Phi) is 3.25. The molecule has 0 aliphatic heterocycles. The average Bonchev–Trinajstić information content (AvgIpc) is 3.52. The Morgan fingerprint density at radius 1 is 0.667 bits per heavy atom. The molecular formula is C28H16N4S. The highest BCUT2D eigenvalue weighted by atomic mass is 32.1. The maximum atomic E-state index is 5.13. The first kappa shape index (κ1) is 17.3. The van der Waals surface area contributed by atoms with E-state index in [1.54, 1.807) is 11.3 Å². The molecule has 4 nitrogen and oxygen atoms in total. The first-order valence-corrected chi connectivity index (χ1v) is 11.8. The summed E-state index contributed by atoms with van der Waals surface area (Å²) in [6, 6.07) is 32.2. The van der Waals surface area contributed by atoms with Crippen LogP contribution in [0.15, 0.2) is 97.2 Å². The topological polar surface area (TPSA) is 35.1 Å². The van der Waals surface area contributed by atoms with Crippen LogP contribution in [0, 0.1) is 0 Å². The molecule has 4 aromatic heterocycles. The summed E-state index contributed by atoms with van der Waals surface area (Å²) in [5.74, 6) is 0. The molecule has 0 fully saturated rings. The molecule has 8 aromatic rings. The first-order valence-electron chi connectivity index (χ1n) is 10.9. The van der Waals surface area contributed by atoms with Crippen molar-refractivity contribution in [2.75, 3.05) is 0 Å². The molecule has 0 unspecified atom stereocenters. The lowest BCUT2D eigenvalue weighted by molar-refractivity contribution is 0.955. The van der Waals surface area contributed by atoms with Crippen LogP contribution in [-0.2, 0) is 0 Å². The van der Waals surface area contributed by atoms with Crippen LogP contribution in [0.1, 0.15) is 0 Å². The van der Waals surface area contributed by atoms with Gasteiger partial charge in [0.2, 0.25) is 0 Å². The highest BCUT2D eigenvalue weighted by Crippen LogP contribution is 2.39. The number of hydrogen-bond acceptors (Lipinski definition) is 3. The van der Waals surface area contributed by atoms with Crippen molar-refractivity contribution in [1.29, 1.82) is 0 Å². The van der Waals surface area contributed by atoms with Crippen LogP contribution >= 0.6 is 11.3 Å². The third kappa shape index (κ3) is 2.19. The van der Waals surface area contributed by atoms with E-state index in [4.69, 9.17) is 10.1 Å². The zero-order valence-corrected chi connectivity index (χ0v) is 18.3. The number of rotatable bonds is 1. The summed E-state index contributed by atoms with van der Waals surface area (Å²) in [6.45, 7) is 0. The van der Waals surface area contributed by atoms with Gasteiger partial charge in [-0.05, 0) is 35.0 Å². The van der Waals surface area contributed by atoms with E-state index in [-0.39, 0.29) is 0 Å². The molecule has 0 amide bonds. The molecule has 0 spiro atoms. The fraction of sp³-hybridized carbons (Fsp3) is 0. The Labute approximate surface area is 191 Å². The highest BCUT2D eigenvalue weighted by molar-refractivity contribution is 7.25. The van der Waals surface area contributed by atoms with Gasteiger partial charge in [0.25, 0.3) is 0 Å². The van der Waals surface area contributed by atoms with E-state index in [0.29, 0.717) is 0 Å². The molecule has 0 aliphatic rings. The van der Waals surface area contributed by atoms with Crippen molar-refractivity contribution < 1.29 is 0 Å². The summed E-state index contributed by atoms with van der Waals surface area (Å²) in [5, 5.41) is 10.9. The van der Waals surface area contributed by atoms with E-state index in [0.717, 1.165) is 21.7 Å². The minimum Gasteiger partial charge on any atom is -0.306 e. The summed E-state index contributed by atoms with van der Waals surface area (Å²) in [5.41, 5.74) is 5.29. The summed E-state index contributed by atoms with van der Waals surface area (Å²) < 4.78 is 5.57. The van der Waals surface area contributed by atoms with Gasteiger partial charge in [0.15, 0.2) is 5.65 Å². The predicted molar refractivity (Wildman–Crippen MR) is 138 cm³/mol. The molecule has 0 saturated carbocycles. The van der Waals surface area contributed by atoms with Gasteiger partial charge in [0.05, 0.1) is 22.9 Å². The van der Waals surface area contributed by atoms with Crippen molar-refractivity contribution in [2.24, 2.45) is 0 Å². The molecule has 0 bridgehead atoms. The number of para-hydroxylation sites is 1. The van der Waals surface area contributed by atoms with Crippen molar-refractivity contribution in [2.45, 2.75) is 0 Å². The lowest BCUT2D eigenvalue weighted by Crippen LogP contribution is -2.00. The SMILES string of the molecule is c1ccc2c(c1)ccc1c2c2ccccc2n1-c1ccnn2c1nc1c3ccccc3sc12. The molecule has 0 aliphatic carbocycles. The fourth-order valence-corrected chi connectivity index (χ4v) is 6.31. The van der Waals surface area contributed by atoms with Crippen LogP contribution in [0.2, 0.25) is 0 Å². The van der Waals surface area contributed by atoms with Crippen LogP contribution in [0.3, 0.4) is 0 Å². The zero-order chi connectivity index (χ0) is 21.5. The van der Waals surface area contributed by atoms with E-state index in [1.807, 2.05) is 10.7 Å². The number of aromatic nitrogens is 4. The Balaban J connectivity index is 1.57. The van der Waals surface area contributed by atoms with Gasteiger partial charge in [-0.1, -0.05) is 66.7 Å². The van der Waals surface area contributed by atoms with Crippen LogP contribution in [0.4, 0.5) is 0 Å². The fourth-order valence-electron chi connectivity index (χ4n) is 5.21. The van der Waals surface area contributed by atoms with Crippen molar-refractivity contribution >= 4 is 70.0 Å². The molecule has 0 atom stereocenters. The lowest BCUT2D eigenvalue weighted by Gasteiger charge is -2.09. The Morgan fingerprint density at radius 3 is 2.39 bits per heavy atom. The predicted octanol–water partition coefficient (Wildman–Crippen LogP) is 7.35. The molecule has 154 valence electrons.